The highest BCUT2D eigenvalue weighted by Gasteiger charge is 2.43. The summed E-state index contributed by atoms with van der Waals surface area (Å²) >= 11 is 0. The fourth-order valence-corrected chi connectivity index (χ4v) is 2.58. The minimum Gasteiger partial charge on any atom is -0.468 e. The topological polar surface area (TPSA) is 48.0 Å². The van der Waals surface area contributed by atoms with E-state index in [1.54, 1.807) is 0 Å². The Bertz CT molecular complexity index is 276. The Morgan fingerprint density at radius 3 is 2.82 bits per heavy atom. The number of likely N-dealkylation sites (N-methyl/N-ethyl adjacent to an activating group) is 1. The van der Waals surface area contributed by atoms with Crippen LogP contribution in [-0.2, 0) is 19.0 Å². The molecule has 1 aliphatic carbocycles. The van der Waals surface area contributed by atoms with Gasteiger partial charge in [-0.2, -0.15) is 0 Å². The molecule has 5 nitrogen and oxygen atoms in total. The molecule has 1 unspecified atom stereocenters. The Kier molecular flexibility index (Phi) is 4.01. The number of hydrogen-bond donors (Lipinski definition) is 0. The lowest BCUT2D eigenvalue weighted by molar-refractivity contribution is -0.163. The first kappa shape index (κ1) is 12.8. The summed E-state index contributed by atoms with van der Waals surface area (Å²) in [6, 6.07) is 0. The zero-order chi connectivity index (χ0) is 12.3. The summed E-state index contributed by atoms with van der Waals surface area (Å²) in [6.45, 7) is 1.63. The fourth-order valence-electron chi connectivity index (χ4n) is 2.58. The molecule has 0 aromatic heterocycles. The molecule has 1 heterocycles. The van der Waals surface area contributed by atoms with Crippen molar-refractivity contribution in [2.75, 3.05) is 33.9 Å². The van der Waals surface area contributed by atoms with Gasteiger partial charge >= 0.3 is 5.97 Å². The van der Waals surface area contributed by atoms with E-state index >= 15 is 0 Å². The van der Waals surface area contributed by atoms with E-state index in [9.17, 15) is 4.79 Å². The van der Waals surface area contributed by atoms with Crippen LogP contribution in [0.15, 0.2) is 0 Å². The third kappa shape index (κ3) is 3.18. The Balaban J connectivity index is 1.75. The van der Waals surface area contributed by atoms with Gasteiger partial charge in [0.05, 0.1) is 26.4 Å². The maximum Gasteiger partial charge on any atom is 0.319 e. The molecule has 1 saturated heterocycles. The molecular weight excluding hydrogens is 222 g/mol. The first-order chi connectivity index (χ1) is 8.13. The van der Waals surface area contributed by atoms with Crippen molar-refractivity contribution in [1.82, 2.24) is 4.90 Å². The summed E-state index contributed by atoms with van der Waals surface area (Å²) < 4.78 is 16.4. The van der Waals surface area contributed by atoms with E-state index in [1.165, 1.54) is 20.0 Å². The number of hydrogen-bond acceptors (Lipinski definition) is 5. The zero-order valence-corrected chi connectivity index (χ0v) is 10.6. The fraction of sp³-hybridized carbons (Fsp3) is 0.917. The highest BCUT2D eigenvalue weighted by atomic mass is 16.7. The molecule has 17 heavy (non-hydrogen) atoms. The van der Waals surface area contributed by atoms with Gasteiger partial charge in [0.2, 0.25) is 0 Å². The van der Waals surface area contributed by atoms with E-state index in [-0.39, 0.29) is 17.9 Å². The van der Waals surface area contributed by atoms with Gasteiger partial charge in [0.1, 0.15) is 0 Å². The number of esters is 1. The molecule has 1 aliphatic heterocycles. The molecule has 2 fully saturated rings. The number of rotatable bonds is 4. The molecule has 2 aliphatic rings. The van der Waals surface area contributed by atoms with Crippen LogP contribution in [0.4, 0.5) is 0 Å². The van der Waals surface area contributed by atoms with Gasteiger partial charge in [0, 0.05) is 19.4 Å². The van der Waals surface area contributed by atoms with Crippen molar-refractivity contribution in [3.8, 4) is 0 Å². The Hall–Kier alpha value is -0.650. The Labute approximate surface area is 102 Å². The lowest BCUT2D eigenvalue weighted by Crippen LogP contribution is -2.36. The second-order valence-electron chi connectivity index (χ2n) is 4.94. The summed E-state index contributed by atoms with van der Waals surface area (Å²) in [7, 11) is 3.29. The molecule has 0 N–H and O–H groups in total. The van der Waals surface area contributed by atoms with Crippen LogP contribution in [0.25, 0.3) is 0 Å². The monoisotopic (exact) mass is 243 g/mol. The molecule has 1 atom stereocenters. The van der Waals surface area contributed by atoms with Crippen molar-refractivity contribution in [2.24, 2.45) is 0 Å². The van der Waals surface area contributed by atoms with E-state index < -0.39 is 0 Å². The van der Waals surface area contributed by atoms with Crippen molar-refractivity contribution in [2.45, 2.75) is 37.6 Å². The van der Waals surface area contributed by atoms with Gasteiger partial charge in [-0.1, -0.05) is 0 Å². The second kappa shape index (κ2) is 5.33. The number of nitrogens with zero attached hydrogens (tertiary/aromatic N) is 1. The van der Waals surface area contributed by atoms with E-state index in [0.717, 1.165) is 12.8 Å². The maximum absolute atomic E-state index is 11.1. The molecule has 0 radical (unpaired) electrons. The molecule has 2 rings (SSSR count). The predicted octanol–water partition coefficient (Wildman–Crippen LogP) is 0.777. The van der Waals surface area contributed by atoms with E-state index in [0.29, 0.717) is 19.7 Å². The van der Waals surface area contributed by atoms with Gasteiger partial charge in [-0.25, -0.2) is 0 Å². The third-order valence-corrected chi connectivity index (χ3v) is 3.42. The first-order valence-corrected chi connectivity index (χ1v) is 6.21. The van der Waals surface area contributed by atoms with Crippen LogP contribution in [0.3, 0.4) is 0 Å². The van der Waals surface area contributed by atoms with Gasteiger partial charge in [0.25, 0.3) is 0 Å². The van der Waals surface area contributed by atoms with E-state index in [1.807, 2.05) is 11.9 Å². The Morgan fingerprint density at radius 2 is 2.18 bits per heavy atom. The summed E-state index contributed by atoms with van der Waals surface area (Å²) in [5, 5.41) is 0. The molecule has 0 amide bonds. The summed E-state index contributed by atoms with van der Waals surface area (Å²) in [6.07, 6.45) is 4.45. The van der Waals surface area contributed by atoms with Crippen LogP contribution in [0.1, 0.15) is 25.7 Å². The van der Waals surface area contributed by atoms with Crippen LogP contribution >= 0.6 is 0 Å². The summed E-state index contributed by atoms with van der Waals surface area (Å²) in [5.41, 5.74) is 0. The number of methoxy groups -OCH3 is 1. The normalized spacial score (nSPS) is 26.9. The smallest absolute Gasteiger partial charge is 0.319 e. The number of ether oxygens (including phenoxy) is 3. The minimum atomic E-state index is -0.309. The van der Waals surface area contributed by atoms with Gasteiger partial charge in [-0.05, 0) is 19.9 Å². The molecule has 1 spiro atoms. The molecule has 1 saturated carbocycles. The van der Waals surface area contributed by atoms with Crippen molar-refractivity contribution < 1.29 is 19.0 Å². The highest BCUT2D eigenvalue weighted by Crippen LogP contribution is 2.39. The van der Waals surface area contributed by atoms with E-state index in [2.05, 4.69) is 4.74 Å². The highest BCUT2D eigenvalue weighted by molar-refractivity contribution is 5.71. The molecule has 98 valence electrons. The number of carbonyl (C=O) groups is 1. The van der Waals surface area contributed by atoms with Crippen LogP contribution in [0.2, 0.25) is 0 Å². The van der Waals surface area contributed by atoms with Crippen molar-refractivity contribution >= 4 is 5.97 Å². The predicted molar refractivity (Wildman–Crippen MR) is 61.5 cm³/mol. The molecule has 5 heteroatoms. The van der Waals surface area contributed by atoms with Gasteiger partial charge in [-0.3, -0.25) is 9.69 Å². The van der Waals surface area contributed by atoms with Crippen molar-refractivity contribution in [3.05, 3.63) is 0 Å². The van der Waals surface area contributed by atoms with Crippen molar-refractivity contribution in [3.63, 3.8) is 0 Å². The largest absolute Gasteiger partial charge is 0.468 e. The minimum absolute atomic E-state index is 0.0720. The van der Waals surface area contributed by atoms with Gasteiger partial charge in [0.15, 0.2) is 5.79 Å². The van der Waals surface area contributed by atoms with E-state index in [4.69, 9.17) is 9.47 Å². The third-order valence-electron chi connectivity index (χ3n) is 3.42. The zero-order valence-electron chi connectivity index (χ0n) is 10.6. The van der Waals surface area contributed by atoms with Crippen molar-refractivity contribution in [1.29, 1.82) is 0 Å². The molecule has 0 aromatic carbocycles. The van der Waals surface area contributed by atoms with Crippen LogP contribution in [0, 0.1) is 0 Å². The summed E-state index contributed by atoms with van der Waals surface area (Å²) in [4.78, 5) is 13.0. The average molecular weight is 243 g/mol. The quantitative estimate of drug-likeness (QED) is 0.683. The summed E-state index contributed by atoms with van der Waals surface area (Å²) in [5.74, 6) is -0.529. The van der Waals surface area contributed by atoms with Gasteiger partial charge in [-0.15, -0.1) is 0 Å². The van der Waals surface area contributed by atoms with Crippen LogP contribution < -0.4 is 0 Å². The average Bonchev–Trinajstić information content (AvgIpc) is 2.90. The standard InChI is InChI=1S/C12H21NO4/c1-13(8-11(14)15-2)7-10-9-16-12(17-10)5-3-4-6-12/h10H,3-9H2,1-2H3. The second-order valence-corrected chi connectivity index (χ2v) is 4.94. The maximum atomic E-state index is 11.1. The lowest BCUT2D eigenvalue weighted by atomic mass is 10.2. The van der Waals surface area contributed by atoms with Crippen LogP contribution in [-0.4, -0.2) is 56.6 Å². The number of carbonyl (C=O) groups excluding carboxylic acids is 1. The van der Waals surface area contributed by atoms with Gasteiger partial charge < -0.3 is 14.2 Å². The first-order valence-electron chi connectivity index (χ1n) is 6.21. The SMILES string of the molecule is COC(=O)CN(C)CC1COC2(CCCC2)O1. The molecule has 0 aromatic rings. The Morgan fingerprint density at radius 1 is 1.47 bits per heavy atom. The molecule has 0 bridgehead atoms. The molecular formula is C12H21NO4. The van der Waals surface area contributed by atoms with Crippen LogP contribution in [0.5, 0.6) is 0 Å². The lowest BCUT2D eigenvalue weighted by Gasteiger charge is -2.23.